The quantitative estimate of drug-likeness (QED) is 0.362. The molecule has 0 aliphatic carbocycles. The van der Waals surface area contributed by atoms with Gasteiger partial charge in [-0.05, 0) is 25.7 Å². The lowest BCUT2D eigenvalue weighted by atomic mass is 10.2. The maximum Gasteiger partial charge on any atom is 0.327 e. The van der Waals surface area contributed by atoms with Crippen LogP contribution in [0, 0.1) is 0 Å². The number of hydrogen-bond donors (Lipinski definition) is 1. The second-order valence-corrected chi connectivity index (χ2v) is 2.31. The standard InChI is InChI=1S/C9H14O2/c1-2-3-4-5-6-7-8-9(10)11/h2,7-8H,1,3-6H2,(H,10,11)/b8-7-. The molecule has 2 heteroatoms. The summed E-state index contributed by atoms with van der Waals surface area (Å²) in [5.41, 5.74) is 0. The van der Waals surface area contributed by atoms with Crippen molar-refractivity contribution in [2.45, 2.75) is 25.7 Å². The SMILES string of the molecule is C=CCCCC/C=C\C(=O)O. The Labute approximate surface area is 67.2 Å². The Balaban J connectivity index is 3.13. The van der Waals surface area contributed by atoms with Gasteiger partial charge in [-0.15, -0.1) is 6.58 Å². The minimum atomic E-state index is -0.867. The number of carboxylic acids is 1. The lowest BCUT2D eigenvalue weighted by Crippen LogP contribution is -1.85. The maximum absolute atomic E-state index is 9.99. The Hall–Kier alpha value is -1.05. The van der Waals surface area contributed by atoms with Crippen LogP contribution in [-0.2, 0) is 4.79 Å². The molecule has 0 bridgehead atoms. The van der Waals surface area contributed by atoms with Gasteiger partial charge in [0.2, 0.25) is 0 Å². The predicted octanol–water partition coefficient (Wildman–Crippen LogP) is 2.37. The van der Waals surface area contributed by atoms with E-state index in [1.54, 1.807) is 6.08 Å². The van der Waals surface area contributed by atoms with E-state index < -0.39 is 5.97 Å². The highest BCUT2D eigenvalue weighted by Gasteiger charge is 1.85. The van der Waals surface area contributed by atoms with Gasteiger partial charge in [-0.1, -0.05) is 12.2 Å². The molecule has 2 nitrogen and oxygen atoms in total. The molecule has 0 aromatic carbocycles. The van der Waals surface area contributed by atoms with E-state index in [-0.39, 0.29) is 0 Å². The molecule has 0 aliphatic heterocycles. The normalized spacial score (nSPS) is 10.2. The summed E-state index contributed by atoms with van der Waals surface area (Å²) < 4.78 is 0. The molecule has 0 aromatic heterocycles. The van der Waals surface area contributed by atoms with Crippen molar-refractivity contribution in [2.24, 2.45) is 0 Å². The highest BCUT2D eigenvalue weighted by Crippen LogP contribution is 2.00. The van der Waals surface area contributed by atoms with Gasteiger partial charge in [0, 0.05) is 6.08 Å². The number of carboxylic acid groups (broad SMARTS) is 1. The van der Waals surface area contributed by atoms with Gasteiger partial charge < -0.3 is 5.11 Å². The fourth-order valence-corrected chi connectivity index (χ4v) is 0.735. The first-order valence-electron chi connectivity index (χ1n) is 3.77. The third-order valence-corrected chi connectivity index (χ3v) is 1.29. The minimum absolute atomic E-state index is 0.847. The van der Waals surface area contributed by atoms with Crippen molar-refractivity contribution in [1.82, 2.24) is 0 Å². The van der Waals surface area contributed by atoms with E-state index in [0.717, 1.165) is 25.7 Å². The molecule has 0 saturated carbocycles. The molecule has 11 heavy (non-hydrogen) atoms. The summed E-state index contributed by atoms with van der Waals surface area (Å²) in [5, 5.41) is 8.21. The zero-order valence-corrected chi connectivity index (χ0v) is 6.62. The minimum Gasteiger partial charge on any atom is -0.478 e. The van der Waals surface area contributed by atoms with E-state index in [1.807, 2.05) is 6.08 Å². The Morgan fingerprint density at radius 3 is 2.55 bits per heavy atom. The van der Waals surface area contributed by atoms with Gasteiger partial charge in [0.1, 0.15) is 0 Å². The molecule has 0 atom stereocenters. The summed E-state index contributed by atoms with van der Waals surface area (Å²) in [7, 11) is 0. The molecule has 0 spiro atoms. The van der Waals surface area contributed by atoms with Crippen LogP contribution < -0.4 is 0 Å². The van der Waals surface area contributed by atoms with Crippen LogP contribution in [0.1, 0.15) is 25.7 Å². The third-order valence-electron chi connectivity index (χ3n) is 1.29. The van der Waals surface area contributed by atoms with Crippen LogP contribution in [-0.4, -0.2) is 11.1 Å². The van der Waals surface area contributed by atoms with Gasteiger partial charge in [-0.25, -0.2) is 4.79 Å². The summed E-state index contributed by atoms with van der Waals surface area (Å²) in [6.45, 7) is 3.59. The average molecular weight is 154 g/mol. The van der Waals surface area contributed by atoms with Crippen molar-refractivity contribution in [3.63, 3.8) is 0 Å². The number of allylic oxidation sites excluding steroid dienone is 2. The zero-order valence-electron chi connectivity index (χ0n) is 6.62. The predicted molar refractivity (Wildman–Crippen MR) is 45.4 cm³/mol. The first kappa shape index (κ1) is 9.95. The topological polar surface area (TPSA) is 37.3 Å². The van der Waals surface area contributed by atoms with Gasteiger partial charge in [-0.3, -0.25) is 0 Å². The molecule has 0 saturated heterocycles. The molecule has 0 rings (SSSR count). The largest absolute Gasteiger partial charge is 0.478 e. The van der Waals surface area contributed by atoms with Gasteiger partial charge in [0.25, 0.3) is 0 Å². The summed E-state index contributed by atoms with van der Waals surface area (Å²) in [6, 6.07) is 0. The van der Waals surface area contributed by atoms with E-state index in [4.69, 9.17) is 5.11 Å². The Kier molecular flexibility index (Phi) is 6.39. The van der Waals surface area contributed by atoms with Crippen LogP contribution in [0.5, 0.6) is 0 Å². The Morgan fingerprint density at radius 2 is 2.00 bits per heavy atom. The summed E-state index contributed by atoms with van der Waals surface area (Å²) in [5.74, 6) is -0.867. The van der Waals surface area contributed by atoms with Crippen LogP contribution in [0.4, 0.5) is 0 Å². The van der Waals surface area contributed by atoms with Crippen molar-refractivity contribution >= 4 is 5.97 Å². The third kappa shape index (κ3) is 8.95. The Bertz CT molecular complexity index is 148. The van der Waals surface area contributed by atoms with Gasteiger partial charge in [0.15, 0.2) is 0 Å². The van der Waals surface area contributed by atoms with Gasteiger partial charge in [-0.2, -0.15) is 0 Å². The monoisotopic (exact) mass is 154 g/mol. The van der Waals surface area contributed by atoms with Crippen molar-refractivity contribution in [3.8, 4) is 0 Å². The van der Waals surface area contributed by atoms with Crippen molar-refractivity contribution in [2.75, 3.05) is 0 Å². The summed E-state index contributed by atoms with van der Waals surface area (Å²) in [6.07, 6.45) is 8.74. The van der Waals surface area contributed by atoms with E-state index in [2.05, 4.69) is 6.58 Å². The van der Waals surface area contributed by atoms with Crippen LogP contribution in [0.25, 0.3) is 0 Å². The van der Waals surface area contributed by atoms with Crippen molar-refractivity contribution in [3.05, 3.63) is 24.8 Å². The molecular weight excluding hydrogens is 140 g/mol. The highest BCUT2D eigenvalue weighted by atomic mass is 16.4. The molecular formula is C9H14O2. The van der Waals surface area contributed by atoms with E-state index in [9.17, 15) is 4.79 Å². The molecule has 0 amide bonds. The number of carbonyl (C=O) groups is 1. The molecule has 62 valence electrons. The van der Waals surface area contributed by atoms with Crippen LogP contribution in [0.3, 0.4) is 0 Å². The maximum atomic E-state index is 9.99. The summed E-state index contributed by atoms with van der Waals surface area (Å²) in [4.78, 5) is 9.99. The lowest BCUT2D eigenvalue weighted by molar-refractivity contribution is -0.131. The molecule has 0 radical (unpaired) electrons. The van der Waals surface area contributed by atoms with Gasteiger partial charge >= 0.3 is 5.97 Å². The van der Waals surface area contributed by atoms with E-state index in [0.29, 0.717) is 0 Å². The van der Waals surface area contributed by atoms with Crippen LogP contribution >= 0.6 is 0 Å². The summed E-state index contributed by atoms with van der Waals surface area (Å²) >= 11 is 0. The van der Waals surface area contributed by atoms with Gasteiger partial charge in [0.05, 0.1) is 0 Å². The van der Waals surface area contributed by atoms with Crippen LogP contribution in [0.15, 0.2) is 24.8 Å². The number of unbranched alkanes of at least 4 members (excludes halogenated alkanes) is 3. The fraction of sp³-hybridized carbons (Fsp3) is 0.444. The van der Waals surface area contributed by atoms with Crippen LogP contribution in [0.2, 0.25) is 0 Å². The lowest BCUT2D eigenvalue weighted by Gasteiger charge is -1.90. The molecule has 0 aliphatic rings. The number of aliphatic carboxylic acids is 1. The second kappa shape index (κ2) is 7.06. The first-order valence-corrected chi connectivity index (χ1v) is 3.77. The molecule has 1 N–H and O–H groups in total. The molecule has 0 unspecified atom stereocenters. The number of rotatable bonds is 6. The first-order chi connectivity index (χ1) is 5.27. The average Bonchev–Trinajstić information content (AvgIpc) is 1.96. The Morgan fingerprint density at radius 1 is 1.36 bits per heavy atom. The number of hydrogen-bond acceptors (Lipinski definition) is 1. The van der Waals surface area contributed by atoms with E-state index in [1.165, 1.54) is 6.08 Å². The molecule has 0 heterocycles. The highest BCUT2D eigenvalue weighted by molar-refractivity contribution is 5.79. The smallest absolute Gasteiger partial charge is 0.327 e. The van der Waals surface area contributed by atoms with Crippen molar-refractivity contribution in [1.29, 1.82) is 0 Å². The molecule has 0 aromatic rings. The van der Waals surface area contributed by atoms with Crippen molar-refractivity contribution < 1.29 is 9.90 Å². The molecule has 0 fully saturated rings. The van der Waals surface area contributed by atoms with E-state index >= 15 is 0 Å². The second-order valence-electron chi connectivity index (χ2n) is 2.31. The fourth-order valence-electron chi connectivity index (χ4n) is 0.735. The zero-order chi connectivity index (χ0) is 8.53.